The highest BCUT2D eigenvalue weighted by atomic mass is 35.5. The Labute approximate surface area is 151 Å². The SMILES string of the molecule is C=CCCCN=Cc1c(CSc2ccccc2)cc(Cl)nc1Cl. The average molecular weight is 365 g/mol. The van der Waals surface area contributed by atoms with Crippen molar-refractivity contribution >= 4 is 41.2 Å². The van der Waals surface area contributed by atoms with E-state index in [0.29, 0.717) is 10.3 Å². The number of hydrogen-bond acceptors (Lipinski definition) is 3. The molecule has 1 heterocycles. The van der Waals surface area contributed by atoms with Crippen molar-refractivity contribution in [2.45, 2.75) is 23.5 Å². The van der Waals surface area contributed by atoms with E-state index in [1.165, 1.54) is 4.90 Å². The number of hydrogen-bond donors (Lipinski definition) is 0. The molecule has 2 nitrogen and oxygen atoms in total. The van der Waals surface area contributed by atoms with Crippen molar-refractivity contribution < 1.29 is 0 Å². The van der Waals surface area contributed by atoms with Crippen LogP contribution < -0.4 is 0 Å². The molecule has 1 aromatic heterocycles. The molecule has 0 fully saturated rings. The summed E-state index contributed by atoms with van der Waals surface area (Å²) in [7, 11) is 0. The summed E-state index contributed by atoms with van der Waals surface area (Å²) >= 11 is 14.0. The molecule has 0 N–H and O–H groups in total. The highest BCUT2D eigenvalue weighted by Crippen LogP contribution is 2.28. The van der Waals surface area contributed by atoms with E-state index >= 15 is 0 Å². The van der Waals surface area contributed by atoms with E-state index in [0.717, 1.165) is 36.3 Å². The van der Waals surface area contributed by atoms with Gasteiger partial charge in [-0.25, -0.2) is 4.98 Å². The normalized spacial score (nSPS) is 11.0. The first-order valence-electron chi connectivity index (χ1n) is 7.34. The number of aromatic nitrogens is 1. The molecule has 0 aliphatic carbocycles. The molecule has 0 amide bonds. The molecule has 0 atom stereocenters. The lowest BCUT2D eigenvalue weighted by Crippen LogP contribution is -1.97. The molecular formula is C18H18Cl2N2S. The lowest BCUT2D eigenvalue weighted by molar-refractivity contribution is 0.860. The number of halogens is 2. The first kappa shape index (κ1) is 18.1. The fourth-order valence-corrected chi connectivity index (χ4v) is 3.39. The molecular weight excluding hydrogens is 347 g/mol. The molecule has 5 heteroatoms. The summed E-state index contributed by atoms with van der Waals surface area (Å²) in [6.45, 7) is 4.45. The first-order valence-corrected chi connectivity index (χ1v) is 9.08. The topological polar surface area (TPSA) is 25.2 Å². The van der Waals surface area contributed by atoms with Gasteiger partial charge in [0.05, 0.1) is 0 Å². The molecule has 0 radical (unpaired) electrons. The first-order chi connectivity index (χ1) is 11.2. The fraction of sp³-hybridized carbons (Fsp3) is 0.222. The van der Waals surface area contributed by atoms with Crippen LogP contribution in [0.5, 0.6) is 0 Å². The highest BCUT2D eigenvalue weighted by molar-refractivity contribution is 7.98. The number of thioether (sulfide) groups is 1. The average Bonchev–Trinajstić information content (AvgIpc) is 2.55. The Kier molecular flexibility index (Phi) is 7.66. The van der Waals surface area contributed by atoms with E-state index in [2.05, 4.69) is 28.7 Å². The summed E-state index contributed by atoms with van der Waals surface area (Å²) < 4.78 is 0. The molecule has 2 aromatic rings. The van der Waals surface area contributed by atoms with Crippen molar-refractivity contribution in [2.24, 2.45) is 4.99 Å². The molecule has 23 heavy (non-hydrogen) atoms. The summed E-state index contributed by atoms with van der Waals surface area (Å²) in [4.78, 5) is 9.75. The summed E-state index contributed by atoms with van der Waals surface area (Å²) in [6.07, 6.45) is 5.64. The zero-order valence-corrected chi connectivity index (χ0v) is 15.0. The highest BCUT2D eigenvalue weighted by Gasteiger charge is 2.09. The van der Waals surface area contributed by atoms with Crippen LogP contribution in [0.15, 0.2) is 58.9 Å². The monoisotopic (exact) mass is 364 g/mol. The number of aliphatic imine (C=N–C) groups is 1. The number of rotatable bonds is 8. The minimum absolute atomic E-state index is 0.397. The number of pyridine rings is 1. The third kappa shape index (κ3) is 6.02. The van der Waals surface area contributed by atoms with E-state index in [-0.39, 0.29) is 0 Å². The number of benzene rings is 1. The molecule has 0 aliphatic rings. The summed E-state index contributed by atoms with van der Waals surface area (Å²) in [5, 5.41) is 0.802. The quantitative estimate of drug-likeness (QED) is 0.187. The van der Waals surface area contributed by atoms with Crippen molar-refractivity contribution in [2.75, 3.05) is 6.54 Å². The largest absolute Gasteiger partial charge is 0.292 e. The van der Waals surface area contributed by atoms with Crippen LogP contribution in [0, 0.1) is 0 Å². The second-order valence-corrected chi connectivity index (χ2v) is 6.67. The Morgan fingerprint density at radius 2 is 2.00 bits per heavy atom. The van der Waals surface area contributed by atoms with Crippen molar-refractivity contribution in [3.05, 3.63) is 70.5 Å². The van der Waals surface area contributed by atoms with Crippen LogP contribution >= 0.6 is 35.0 Å². The molecule has 0 saturated carbocycles. The number of unbranched alkanes of at least 4 members (excludes halogenated alkanes) is 1. The third-order valence-electron chi connectivity index (χ3n) is 3.12. The molecule has 0 saturated heterocycles. The fourth-order valence-electron chi connectivity index (χ4n) is 1.96. The minimum atomic E-state index is 0.397. The van der Waals surface area contributed by atoms with Crippen molar-refractivity contribution in [3.63, 3.8) is 0 Å². The van der Waals surface area contributed by atoms with Gasteiger partial charge in [-0.2, -0.15) is 0 Å². The maximum absolute atomic E-state index is 6.24. The van der Waals surface area contributed by atoms with E-state index < -0.39 is 0 Å². The summed E-state index contributed by atoms with van der Waals surface area (Å²) in [5.74, 6) is 0.764. The van der Waals surface area contributed by atoms with Crippen LogP contribution in [0.1, 0.15) is 24.0 Å². The number of allylic oxidation sites excluding steroid dienone is 1. The van der Waals surface area contributed by atoms with Gasteiger partial charge in [0.2, 0.25) is 0 Å². The molecule has 0 bridgehead atoms. The Bertz CT molecular complexity index is 672. The Morgan fingerprint density at radius 1 is 1.22 bits per heavy atom. The predicted octanol–water partition coefficient (Wildman–Crippen LogP) is 6.07. The van der Waals surface area contributed by atoms with Crippen LogP contribution in [0.3, 0.4) is 0 Å². The van der Waals surface area contributed by atoms with Crippen LogP contribution in [0.2, 0.25) is 10.3 Å². The smallest absolute Gasteiger partial charge is 0.139 e. The Balaban J connectivity index is 2.11. The van der Waals surface area contributed by atoms with Crippen LogP contribution in [-0.2, 0) is 5.75 Å². The molecule has 0 unspecified atom stereocenters. The van der Waals surface area contributed by atoms with Gasteiger partial charge in [-0.15, -0.1) is 18.3 Å². The minimum Gasteiger partial charge on any atom is -0.292 e. The molecule has 1 aromatic carbocycles. The maximum Gasteiger partial charge on any atom is 0.139 e. The zero-order valence-electron chi connectivity index (χ0n) is 12.7. The van der Waals surface area contributed by atoms with Gasteiger partial charge in [0.1, 0.15) is 10.3 Å². The second kappa shape index (κ2) is 9.76. The Morgan fingerprint density at radius 3 is 2.74 bits per heavy atom. The van der Waals surface area contributed by atoms with Crippen molar-refractivity contribution in [1.82, 2.24) is 4.98 Å². The lowest BCUT2D eigenvalue weighted by atomic mass is 10.2. The standard InChI is InChI=1S/C18H18Cl2N2S/c1-2-3-7-10-21-12-16-14(11-17(19)22-18(16)20)13-23-15-8-5-4-6-9-15/h2,4-6,8-9,11-12H,1,3,7,10,13H2. The van der Waals surface area contributed by atoms with Gasteiger partial charge in [0.25, 0.3) is 0 Å². The summed E-state index contributed by atoms with van der Waals surface area (Å²) in [6, 6.07) is 12.1. The van der Waals surface area contributed by atoms with Crippen LogP contribution in [0.4, 0.5) is 0 Å². The van der Waals surface area contributed by atoms with Crippen LogP contribution in [0.25, 0.3) is 0 Å². The van der Waals surface area contributed by atoms with Gasteiger partial charge in [0.15, 0.2) is 0 Å². The molecule has 120 valence electrons. The molecule has 0 aliphatic heterocycles. The lowest BCUT2D eigenvalue weighted by Gasteiger charge is -2.08. The Hall–Kier alpha value is -1.29. The maximum atomic E-state index is 6.24. The third-order valence-corrected chi connectivity index (χ3v) is 4.66. The molecule has 2 rings (SSSR count). The van der Waals surface area contributed by atoms with E-state index in [1.807, 2.05) is 30.3 Å². The van der Waals surface area contributed by atoms with Gasteiger partial charge in [-0.05, 0) is 36.6 Å². The number of nitrogens with zero attached hydrogens (tertiary/aromatic N) is 2. The van der Waals surface area contributed by atoms with Gasteiger partial charge in [0, 0.05) is 29.0 Å². The van der Waals surface area contributed by atoms with E-state index in [4.69, 9.17) is 23.2 Å². The zero-order chi connectivity index (χ0) is 16.5. The molecule has 0 spiro atoms. The van der Waals surface area contributed by atoms with E-state index in [1.54, 1.807) is 18.0 Å². The summed E-state index contributed by atoms with van der Waals surface area (Å²) in [5.41, 5.74) is 1.88. The van der Waals surface area contributed by atoms with E-state index in [9.17, 15) is 0 Å². The van der Waals surface area contributed by atoms with Gasteiger partial charge < -0.3 is 0 Å². The van der Waals surface area contributed by atoms with Gasteiger partial charge in [-0.1, -0.05) is 47.5 Å². The second-order valence-electron chi connectivity index (χ2n) is 4.88. The van der Waals surface area contributed by atoms with Gasteiger partial charge in [-0.3, -0.25) is 4.99 Å². The van der Waals surface area contributed by atoms with Crippen molar-refractivity contribution in [3.8, 4) is 0 Å². The predicted molar refractivity (Wildman–Crippen MR) is 102 cm³/mol. The van der Waals surface area contributed by atoms with Gasteiger partial charge >= 0.3 is 0 Å². The van der Waals surface area contributed by atoms with Crippen molar-refractivity contribution in [1.29, 1.82) is 0 Å². The van der Waals surface area contributed by atoms with Crippen LogP contribution in [-0.4, -0.2) is 17.7 Å².